The van der Waals surface area contributed by atoms with Crippen molar-refractivity contribution in [3.05, 3.63) is 0 Å². The molecule has 3 nitrogen and oxygen atoms in total. The highest BCUT2D eigenvalue weighted by Gasteiger charge is 2.47. The molecule has 1 unspecified atom stereocenters. The normalized spacial score (nSPS) is 26.0. The molecule has 3 heteroatoms. The van der Waals surface area contributed by atoms with Crippen LogP contribution in [0.25, 0.3) is 0 Å². The minimum absolute atomic E-state index is 0.233. The Hall–Kier alpha value is -0.570. The summed E-state index contributed by atoms with van der Waals surface area (Å²) in [6.07, 6.45) is 0.908. The summed E-state index contributed by atoms with van der Waals surface area (Å²) in [4.78, 5) is 10.8. The van der Waals surface area contributed by atoms with Crippen LogP contribution >= 0.6 is 0 Å². The standard InChI is InChI=1S/C11H20O3/c1-7(2)11(8(3)4)6-5-9(14-11)10(12)13/h7-9H,5-6H2,1-4H3,(H,12,13). The second-order valence-electron chi connectivity index (χ2n) is 4.75. The molecule has 1 saturated heterocycles. The van der Waals surface area contributed by atoms with Gasteiger partial charge in [-0.05, 0) is 24.7 Å². The Balaban J connectivity index is 2.80. The van der Waals surface area contributed by atoms with Gasteiger partial charge in [0.2, 0.25) is 0 Å². The maximum absolute atomic E-state index is 10.8. The second-order valence-corrected chi connectivity index (χ2v) is 4.75. The molecule has 0 radical (unpaired) electrons. The van der Waals surface area contributed by atoms with Gasteiger partial charge < -0.3 is 9.84 Å². The van der Waals surface area contributed by atoms with Gasteiger partial charge in [0, 0.05) is 0 Å². The fraction of sp³-hybridized carbons (Fsp3) is 0.909. The zero-order valence-corrected chi connectivity index (χ0v) is 9.41. The Morgan fingerprint density at radius 1 is 1.36 bits per heavy atom. The highest BCUT2D eigenvalue weighted by Crippen LogP contribution is 2.42. The van der Waals surface area contributed by atoms with Crippen molar-refractivity contribution in [1.29, 1.82) is 0 Å². The van der Waals surface area contributed by atoms with Gasteiger partial charge in [0.05, 0.1) is 5.60 Å². The molecule has 1 atom stereocenters. The average Bonchev–Trinajstić information content (AvgIpc) is 2.48. The van der Waals surface area contributed by atoms with Gasteiger partial charge in [-0.2, -0.15) is 0 Å². The second kappa shape index (κ2) is 3.89. The van der Waals surface area contributed by atoms with Gasteiger partial charge >= 0.3 is 5.97 Å². The molecular formula is C11H20O3. The van der Waals surface area contributed by atoms with Crippen LogP contribution < -0.4 is 0 Å². The van der Waals surface area contributed by atoms with Gasteiger partial charge in [-0.15, -0.1) is 0 Å². The molecule has 1 aliphatic heterocycles. The topological polar surface area (TPSA) is 46.5 Å². The van der Waals surface area contributed by atoms with Gasteiger partial charge in [0.15, 0.2) is 6.10 Å². The molecule has 0 spiro atoms. The van der Waals surface area contributed by atoms with Crippen LogP contribution in [0.1, 0.15) is 40.5 Å². The summed E-state index contributed by atoms with van der Waals surface area (Å²) in [5.74, 6) is -0.0909. The van der Waals surface area contributed by atoms with Crippen molar-refractivity contribution >= 4 is 5.97 Å². The van der Waals surface area contributed by atoms with Gasteiger partial charge in [-0.1, -0.05) is 27.7 Å². The van der Waals surface area contributed by atoms with E-state index < -0.39 is 12.1 Å². The molecule has 1 N–H and O–H groups in total. The van der Waals surface area contributed by atoms with Crippen LogP contribution in [0.2, 0.25) is 0 Å². The SMILES string of the molecule is CC(C)C1(C(C)C)CCC(C(=O)O)O1. The highest BCUT2D eigenvalue weighted by molar-refractivity contribution is 5.72. The third kappa shape index (κ3) is 1.78. The maximum Gasteiger partial charge on any atom is 0.332 e. The van der Waals surface area contributed by atoms with Crippen molar-refractivity contribution in [3.8, 4) is 0 Å². The molecule has 14 heavy (non-hydrogen) atoms. The molecule has 0 aromatic heterocycles. The lowest BCUT2D eigenvalue weighted by Crippen LogP contribution is -2.41. The Morgan fingerprint density at radius 2 is 1.86 bits per heavy atom. The lowest BCUT2D eigenvalue weighted by molar-refractivity contribution is -0.161. The first-order valence-corrected chi connectivity index (χ1v) is 5.30. The number of hydrogen-bond acceptors (Lipinski definition) is 2. The van der Waals surface area contributed by atoms with E-state index in [-0.39, 0.29) is 5.60 Å². The van der Waals surface area contributed by atoms with Gasteiger partial charge in [-0.25, -0.2) is 4.79 Å². The molecule has 0 amide bonds. The third-order valence-electron chi connectivity index (χ3n) is 3.39. The summed E-state index contributed by atoms with van der Waals surface area (Å²) in [6.45, 7) is 8.41. The molecule has 0 aromatic carbocycles. The van der Waals surface area contributed by atoms with Crippen LogP contribution in [0.5, 0.6) is 0 Å². The van der Waals surface area contributed by atoms with Crippen LogP contribution in [-0.2, 0) is 9.53 Å². The summed E-state index contributed by atoms with van der Waals surface area (Å²) in [5, 5.41) is 8.88. The van der Waals surface area contributed by atoms with Gasteiger partial charge in [0.25, 0.3) is 0 Å². The molecule has 1 fully saturated rings. The number of aliphatic carboxylic acids is 1. The van der Waals surface area contributed by atoms with Crippen LogP contribution in [0.15, 0.2) is 0 Å². The Kier molecular flexibility index (Phi) is 3.20. The zero-order valence-electron chi connectivity index (χ0n) is 9.41. The molecule has 1 heterocycles. The lowest BCUT2D eigenvalue weighted by Gasteiger charge is -2.37. The van der Waals surface area contributed by atoms with E-state index in [2.05, 4.69) is 27.7 Å². The van der Waals surface area contributed by atoms with E-state index in [1.165, 1.54) is 0 Å². The largest absolute Gasteiger partial charge is 0.479 e. The molecule has 0 bridgehead atoms. The van der Waals surface area contributed by atoms with Crippen LogP contribution in [0.4, 0.5) is 0 Å². The Labute approximate surface area is 85.5 Å². The average molecular weight is 200 g/mol. The number of carboxylic acids is 1. The van der Waals surface area contributed by atoms with Gasteiger partial charge in [-0.3, -0.25) is 0 Å². The predicted octanol–water partition coefficient (Wildman–Crippen LogP) is 2.30. The number of carboxylic acid groups (broad SMARTS) is 1. The number of rotatable bonds is 3. The monoisotopic (exact) mass is 200 g/mol. The minimum Gasteiger partial charge on any atom is -0.479 e. The fourth-order valence-electron chi connectivity index (χ4n) is 2.43. The van der Waals surface area contributed by atoms with E-state index in [0.717, 1.165) is 6.42 Å². The van der Waals surface area contributed by atoms with Crippen LogP contribution in [0.3, 0.4) is 0 Å². The predicted molar refractivity (Wildman–Crippen MR) is 54.1 cm³/mol. The van der Waals surface area contributed by atoms with E-state index in [1.54, 1.807) is 0 Å². The molecular weight excluding hydrogens is 180 g/mol. The number of ether oxygens (including phenoxy) is 1. The molecule has 1 aliphatic rings. The fourth-order valence-corrected chi connectivity index (χ4v) is 2.43. The Morgan fingerprint density at radius 3 is 2.07 bits per heavy atom. The minimum atomic E-state index is -0.826. The molecule has 0 saturated carbocycles. The van der Waals surface area contributed by atoms with E-state index >= 15 is 0 Å². The highest BCUT2D eigenvalue weighted by atomic mass is 16.5. The van der Waals surface area contributed by atoms with Crippen molar-refractivity contribution in [2.24, 2.45) is 11.8 Å². The first-order chi connectivity index (χ1) is 6.40. The summed E-state index contributed by atoms with van der Waals surface area (Å²) in [5.41, 5.74) is -0.233. The van der Waals surface area contributed by atoms with Crippen molar-refractivity contribution in [1.82, 2.24) is 0 Å². The zero-order chi connectivity index (χ0) is 10.9. The molecule has 0 aliphatic carbocycles. The van der Waals surface area contributed by atoms with E-state index in [1.807, 2.05) is 0 Å². The number of carbonyl (C=O) groups is 1. The van der Waals surface area contributed by atoms with Crippen molar-refractivity contribution in [2.75, 3.05) is 0 Å². The summed E-state index contributed by atoms with van der Waals surface area (Å²) >= 11 is 0. The summed E-state index contributed by atoms with van der Waals surface area (Å²) in [6, 6.07) is 0. The van der Waals surface area contributed by atoms with E-state index in [9.17, 15) is 4.79 Å². The van der Waals surface area contributed by atoms with Crippen molar-refractivity contribution in [3.63, 3.8) is 0 Å². The maximum atomic E-state index is 10.8. The molecule has 1 rings (SSSR count). The lowest BCUT2D eigenvalue weighted by atomic mass is 9.78. The Bertz CT molecular complexity index is 213. The van der Waals surface area contributed by atoms with E-state index in [4.69, 9.17) is 9.84 Å². The summed E-state index contributed by atoms with van der Waals surface area (Å²) < 4.78 is 5.73. The first-order valence-electron chi connectivity index (χ1n) is 5.30. The summed E-state index contributed by atoms with van der Waals surface area (Å²) in [7, 11) is 0. The van der Waals surface area contributed by atoms with Crippen LogP contribution in [-0.4, -0.2) is 22.8 Å². The van der Waals surface area contributed by atoms with Crippen molar-refractivity contribution < 1.29 is 14.6 Å². The molecule has 0 aromatic rings. The van der Waals surface area contributed by atoms with Gasteiger partial charge in [0.1, 0.15) is 0 Å². The number of hydrogen-bond donors (Lipinski definition) is 1. The van der Waals surface area contributed by atoms with Crippen LogP contribution in [0, 0.1) is 11.8 Å². The van der Waals surface area contributed by atoms with Crippen molar-refractivity contribution in [2.45, 2.75) is 52.2 Å². The van der Waals surface area contributed by atoms with E-state index in [0.29, 0.717) is 18.3 Å². The third-order valence-corrected chi connectivity index (χ3v) is 3.39. The first kappa shape index (κ1) is 11.5. The molecule has 82 valence electrons. The quantitative estimate of drug-likeness (QED) is 0.760. The smallest absolute Gasteiger partial charge is 0.332 e.